The number of aromatic amines is 1. The number of hydrogen-bond donors (Lipinski definition) is 1. The van der Waals surface area contributed by atoms with Gasteiger partial charge in [-0.2, -0.15) is 5.10 Å². The molecular weight excluding hydrogens is 346 g/mol. The van der Waals surface area contributed by atoms with E-state index in [0.29, 0.717) is 28.7 Å². The van der Waals surface area contributed by atoms with Crippen molar-refractivity contribution in [1.82, 2.24) is 24.6 Å². The van der Waals surface area contributed by atoms with Crippen LogP contribution in [0.5, 0.6) is 0 Å². The average Bonchev–Trinajstić information content (AvgIpc) is 3.25. The maximum absolute atomic E-state index is 13.5. The number of carbonyl (C=O) groups is 1. The fourth-order valence-electron chi connectivity index (χ4n) is 3.92. The lowest BCUT2D eigenvalue weighted by molar-refractivity contribution is -0.135. The number of fused-ring (bicyclic) bond motifs is 2. The Bertz CT molecular complexity index is 970. The Morgan fingerprint density at radius 1 is 1.50 bits per heavy atom. The molecule has 0 aromatic carbocycles. The highest BCUT2D eigenvalue weighted by Crippen LogP contribution is 2.51. The van der Waals surface area contributed by atoms with E-state index >= 15 is 0 Å². The van der Waals surface area contributed by atoms with Crippen molar-refractivity contribution in [3.8, 4) is 0 Å². The fourth-order valence-corrected chi connectivity index (χ4v) is 4.22. The monoisotopic (exact) mass is 369 g/mol. The summed E-state index contributed by atoms with van der Waals surface area (Å²) in [4.78, 5) is 19.9. The molecule has 1 fully saturated rings. The molecule has 4 rings (SSSR count). The summed E-state index contributed by atoms with van der Waals surface area (Å²) in [5.41, 5.74) is 1.79. The second-order valence-electron chi connectivity index (χ2n) is 7.27. The first-order valence-corrected chi connectivity index (χ1v) is 9.52. The van der Waals surface area contributed by atoms with Gasteiger partial charge in [0.05, 0.1) is 17.9 Å². The summed E-state index contributed by atoms with van der Waals surface area (Å²) >= 11 is 5.70. The van der Waals surface area contributed by atoms with Crippen LogP contribution in [-0.4, -0.2) is 43.1 Å². The molecule has 7 heteroatoms. The van der Waals surface area contributed by atoms with Gasteiger partial charge in [-0.25, -0.2) is 4.98 Å². The molecule has 1 amide bonds. The Balaban J connectivity index is 1.86. The maximum atomic E-state index is 13.5. The third-order valence-electron chi connectivity index (χ3n) is 5.39. The van der Waals surface area contributed by atoms with Gasteiger partial charge < -0.3 is 9.47 Å². The molecule has 2 unspecified atom stereocenters. The Morgan fingerprint density at radius 2 is 2.31 bits per heavy atom. The van der Waals surface area contributed by atoms with Gasteiger partial charge in [-0.05, 0) is 44.6 Å². The van der Waals surface area contributed by atoms with E-state index in [1.54, 1.807) is 12.5 Å². The molecule has 0 spiro atoms. The predicted octanol–water partition coefficient (Wildman–Crippen LogP) is 3.42. The zero-order valence-corrected chi connectivity index (χ0v) is 16.0. The Hall–Kier alpha value is -2.28. The van der Waals surface area contributed by atoms with Crippen LogP contribution in [0, 0.1) is 16.5 Å². The van der Waals surface area contributed by atoms with E-state index in [1.807, 2.05) is 30.2 Å². The van der Waals surface area contributed by atoms with Crippen molar-refractivity contribution < 1.29 is 4.79 Å². The third kappa shape index (κ3) is 2.70. The highest BCUT2D eigenvalue weighted by molar-refractivity contribution is 7.71. The van der Waals surface area contributed by atoms with Crippen LogP contribution in [0.15, 0.2) is 36.3 Å². The highest BCUT2D eigenvalue weighted by Gasteiger charge is 2.45. The quantitative estimate of drug-likeness (QED) is 0.820. The van der Waals surface area contributed by atoms with Crippen LogP contribution >= 0.6 is 12.2 Å². The molecule has 1 N–H and O–H groups in total. The number of allylic oxidation sites excluding steroid dienone is 3. The predicted molar refractivity (Wildman–Crippen MR) is 103 cm³/mol. The van der Waals surface area contributed by atoms with Crippen LogP contribution in [0.25, 0.3) is 11.0 Å². The van der Waals surface area contributed by atoms with E-state index < -0.39 is 6.04 Å². The van der Waals surface area contributed by atoms with E-state index in [4.69, 9.17) is 12.2 Å². The zero-order chi connectivity index (χ0) is 18.4. The van der Waals surface area contributed by atoms with Gasteiger partial charge in [-0.1, -0.05) is 30.4 Å². The molecule has 2 aliphatic rings. The minimum atomic E-state index is -0.448. The standard InChI is InChI=1S/C19H23N5OS/c1-4-23(11(2)3)18(25)16(13-7-5-6-12-8-14(12)13)24-10-20-17-15(19(24)26)9-21-22-17/h5-7,9-12,14,16H,4,8H2,1-3H3,(H,21,22)/t12?,14?,16-/m0/s1. The Labute approximate surface area is 157 Å². The number of amides is 1. The van der Waals surface area contributed by atoms with Crippen molar-refractivity contribution in [2.75, 3.05) is 6.54 Å². The normalized spacial score (nSPS) is 22.2. The molecule has 6 nitrogen and oxygen atoms in total. The third-order valence-corrected chi connectivity index (χ3v) is 5.82. The highest BCUT2D eigenvalue weighted by atomic mass is 32.1. The van der Waals surface area contributed by atoms with E-state index in [2.05, 4.69) is 33.4 Å². The number of nitrogens with one attached hydrogen (secondary N) is 1. The van der Waals surface area contributed by atoms with Crippen molar-refractivity contribution in [2.24, 2.45) is 11.8 Å². The minimum absolute atomic E-state index is 0.0791. The van der Waals surface area contributed by atoms with E-state index in [0.717, 1.165) is 17.4 Å². The topological polar surface area (TPSA) is 66.8 Å². The van der Waals surface area contributed by atoms with Gasteiger partial charge in [0.1, 0.15) is 10.7 Å². The second kappa shape index (κ2) is 6.46. The number of carbonyl (C=O) groups excluding carboxylic acids is 1. The van der Waals surface area contributed by atoms with E-state index in [-0.39, 0.29) is 11.9 Å². The summed E-state index contributed by atoms with van der Waals surface area (Å²) in [6.45, 7) is 6.77. The molecule has 2 heterocycles. The van der Waals surface area contributed by atoms with Gasteiger partial charge in [-0.15, -0.1) is 0 Å². The summed E-state index contributed by atoms with van der Waals surface area (Å²) in [7, 11) is 0. The summed E-state index contributed by atoms with van der Waals surface area (Å²) < 4.78 is 2.44. The SMILES string of the molecule is CCN(C(=O)[C@H](C1=CC=CC2CC12)n1cnc2[nH]ncc2c1=S)C(C)C. The van der Waals surface area contributed by atoms with Crippen LogP contribution in [0.2, 0.25) is 0 Å². The minimum Gasteiger partial charge on any atom is -0.338 e. The molecule has 0 bridgehead atoms. The fraction of sp³-hybridized carbons (Fsp3) is 0.474. The lowest BCUT2D eigenvalue weighted by Crippen LogP contribution is -2.42. The van der Waals surface area contributed by atoms with Crippen molar-refractivity contribution in [3.05, 3.63) is 41.0 Å². The summed E-state index contributed by atoms with van der Waals surface area (Å²) in [6.07, 6.45) is 10.9. The Morgan fingerprint density at radius 3 is 3.04 bits per heavy atom. The lowest BCUT2D eigenvalue weighted by atomic mass is 9.95. The van der Waals surface area contributed by atoms with E-state index in [9.17, 15) is 4.79 Å². The summed E-state index contributed by atoms with van der Waals surface area (Å²) in [5, 5.41) is 7.65. The van der Waals surface area contributed by atoms with Crippen LogP contribution in [0.4, 0.5) is 0 Å². The first-order valence-electron chi connectivity index (χ1n) is 9.11. The molecule has 3 atom stereocenters. The van der Waals surface area contributed by atoms with Crippen molar-refractivity contribution in [1.29, 1.82) is 0 Å². The van der Waals surface area contributed by atoms with Gasteiger partial charge in [0, 0.05) is 12.6 Å². The van der Waals surface area contributed by atoms with Crippen molar-refractivity contribution in [3.63, 3.8) is 0 Å². The molecule has 0 saturated heterocycles. The molecule has 0 aliphatic heterocycles. The number of nitrogens with zero attached hydrogens (tertiary/aromatic N) is 4. The van der Waals surface area contributed by atoms with Gasteiger partial charge in [0.25, 0.3) is 0 Å². The molecule has 136 valence electrons. The first kappa shape index (κ1) is 17.1. The first-order chi connectivity index (χ1) is 12.5. The molecule has 26 heavy (non-hydrogen) atoms. The zero-order valence-electron chi connectivity index (χ0n) is 15.2. The largest absolute Gasteiger partial charge is 0.338 e. The van der Waals surface area contributed by atoms with Crippen LogP contribution in [0.1, 0.15) is 33.2 Å². The smallest absolute Gasteiger partial charge is 0.250 e. The molecular formula is C19H23N5OS. The second-order valence-corrected chi connectivity index (χ2v) is 7.65. The van der Waals surface area contributed by atoms with Gasteiger partial charge in [0.15, 0.2) is 5.65 Å². The number of aromatic nitrogens is 4. The van der Waals surface area contributed by atoms with Gasteiger partial charge in [0.2, 0.25) is 5.91 Å². The lowest BCUT2D eigenvalue weighted by Gasteiger charge is -2.32. The van der Waals surface area contributed by atoms with Crippen LogP contribution in [0.3, 0.4) is 0 Å². The molecule has 2 aromatic rings. The number of rotatable bonds is 5. The van der Waals surface area contributed by atoms with Gasteiger partial charge >= 0.3 is 0 Å². The Kier molecular flexibility index (Phi) is 4.26. The van der Waals surface area contributed by atoms with Gasteiger partial charge in [-0.3, -0.25) is 9.89 Å². The van der Waals surface area contributed by atoms with Crippen LogP contribution < -0.4 is 0 Å². The van der Waals surface area contributed by atoms with Crippen LogP contribution in [-0.2, 0) is 4.79 Å². The number of likely N-dealkylation sites (N-methyl/N-ethyl adjacent to an activating group) is 1. The molecule has 0 radical (unpaired) electrons. The van der Waals surface area contributed by atoms with E-state index in [1.165, 1.54) is 0 Å². The molecule has 1 saturated carbocycles. The van der Waals surface area contributed by atoms with Crippen molar-refractivity contribution >= 4 is 29.2 Å². The maximum Gasteiger partial charge on any atom is 0.250 e. The number of H-pyrrole nitrogens is 1. The molecule has 2 aliphatic carbocycles. The number of hydrogen-bond acceptors (Lipinski definition) is 4. The molecule has 2 aromatic heterocycles. The summed E-state index contributed by atoms with van der Waals surface area (Å²) in [6, 6.07) is -0.318. The van der Waals surface area contributed by atoms with Crippen molar-refractivity contribution in [2.45, 2.75) is 39.3 Å². The summed E-state index contributed by atoms with van der Waals surface area (Å²) in [5.74, 6) is 1.07. The average molecular weight is 369 g/mol.